The number of phenols is 1. The maximum Gasteiger partial charge on any atom is 0.124 e. The van der Waals surface area contributed by atoms with Gasteiger partial charge in [-0.2, -0.15) is 0 Å². The molecule has 4 rings (SSSR count). The van der Waals surface area contributed by atoms with Crippen molar-refractivity contribution in [1.82, 2.24) is 0 Å². The molecular weight excluding hydrogens is 496 g/mol. The summed E-state index contributed by atoms with van der Waals surface area (Å²) in [5.74, 6) is 0.282. The van der Waals surface area contributed by atoms with E-state index in [4.69, 9.17) is 0 Å². The summed E-state index contributed by atoms with van der Waals surface area (Å²) in [6.07, 6.45) is 0. The molecule has 0 aliphatic rings. The van der Waals surface area contributed by atoms with Crippen molar-refractivity contribution in [2.75, 3.05) is 0 Å². The first-order chi connectivity index (χ1) is 11.5. The summed E-state index contributed by atoms with van der Waals surface area (Å²) in [6, 6.07) is 20.1. The van der Waals surface area contributed by atoms with E-state index in [0.29, 0.717) is 0 Å². The molecule has 0 atom stereocenters. The summed E-state index contributed by atoms with van der Waals surface area (Å²) < 4.78 is 3.02. The zero-order valence-electron chi connectivity index (χ0n) is 12.4. The lowest BCUT2D eigenvalue weighted by atomic mass is 9.93. The minimum absolute atomic E-state index is 0.282. The zero-order valence-corrected chi connectivity index (χ0v) is 17.1. The van der Waals surface area contributed by atoms with Crippen LogP contribution in [0.5, 0.6) is 5.75 Å². The second kappa shape index (κ2) is 6.17. The molecule has 0 radical (unpaired) electrons. The number of hydrogen-bond donors (Lipinski definition) is 1. The van der Waals surface area contributed by atoms with Crippen molar-refractivity contribution in [1.29, 1.82) is 0 Å². The van der Waals surface area contributed by atoms with Crippen LogP contribution in [-0.4, -0.2) is 5.11 Å². The van der Waals surface area contributed by atoms with E-state index in [-0.39, 0.29) is 5.75 Å². The van der Waals surface area contributed by atoms with Crippen LogP contribution in [-0.2, 0) is 0 Å². The summed E-state index contributed by atoms with van der Waals surface area (Å²) in [5, 5.41) is 14.9. The molecule has 0 saturated carbocycles. The SMILES string of the molecule is Oc1ccc2cc(Br)ccc2c1-c1cc(Br)cc2ccc(Br)cc12. The summed E-state index contributed by atoms with van der Waals surface area (Å²) in [6.45, 7) is 0. The number of aromatic hydroxyl groups is 1. The number of hydrogen-bond acceptors (Lipinski definition) is 1. The quantitative estimate of drug-likeness (QED) is 0.281. The normalized spacial score (nSPS) is 11.3. The van der Waals surface area contributed by atoms with Gasteiger partial charge in [0.05, 0.1) is 0 Å². The van der Waals surface area contributed by atoms with Gasteiger partial charge in [-0.15, -0.1) is 0 Å². The van der Waals surface area contributed by atoms with Gasteiger partial charge >= 0.3 is 0 Å². The molecule has 1 nitrogen and oxygen atoms in total. The molecule has 4 heteroatoms. The lowest BCUT2D eigenvalue weighted by Gasteiger charge is -2.14. The second-order valence-electron chi connectivity index (χ2n) is 5.64. The Morgan fingerprint density at radius 3 is 2.04 bits per heavy atom. The molecule has 24 heavy (non-hydrogen) atoms. The van der Waals surface area contributed by atoms with E-state index in [1.165, 1.54) is 0 Å². The van der Waals surface area contributed by atoms with Gasteiger partial charge in [0, 0.05) is 19.0 Å². The molecule has 0 heterocycles. The van der Waals surface area contributed by atoms with Crippen molar-refractivity contribution >= 4 is 69.3 Å². The fourth-order valence-electron chi connectivity index (χ4n) is 3.07. The Kier molecular flexibility index (Phi) is 4.15. The summed E-state index contributed by atoms with van der Waals surface area (Å²) in [5.41, 5.74) is 1.86. The molecule has 0 spiro atoms. The van der Waals surface area contributed by atoms with E-state index in [2.05, 4.69) is 78.1 Å². The summed E-state index contributed by atoms with van der Waals surface area (Å²) in [7, 11) is 0. The Labute approximate surface area is 164 Å². The topological polar surface area (TPSA) is 20.2 Å². The maximum atomic E-state index is 10.6. The summed E-state index contributed by atoms with van der Waals surface area (Å²) >= 11 is 10.7. The smallest absolute Gasteiger partial charge is 0.124 e. The molecule has 1 N–H and O–H groups in total. The number of rotatable bonds is 1. The largest absolute Gasteiger partial charge is 0.507 e. The van der Waals surface area contributed by atoms with Gasteiger partial charge in [-0.05, 0) is 69.6 Å². The monoisotopic (exact) mass is 504 g/mol. The minimum atomic E-state index is 0.282. The van der Waals surface area contributed by atoms with E-state index in [0.717, 1.165) is 46.1 Å². The van der Waals surface area contributed by atoms with Gasteiger partial charge in [0.25, 0.3) is 0 Å². The number of fused-ring (bicyclic) bond motifs is 2. The average Bonchev–Trinajstić information content (AvgIpc) is 2.55. The predicted molar refractivity (Wildman–Crippen MR) is 112 cm³/mol. The van der Waals surface area contributed by atoms with Crippen LogP contribution >= 0.6 is 47.8 Å². The van der Waals surface area contributed by atoms with Gasteiger partial charge in [-0.25, -0.2) is 0 Å². The highest BCUT2D eigenvalue weighted by Gasteiger charge is 2.14. The van der Waals surface area contributed by atoms with Crippen LogP contribution in [0.3, 0.4) is 0 Å². The first kappa shape index (κ1) is 16.1. The molecule has 0 unspecified atom stereocenters. The molecular formula is C20H11Br3O. The fraction of sp³-hybridized carbons (Fsp3) is 0. The van der Waals surface area contributed by atoms with Crippen LogP contribution in [0.15, 0.2) is 74.1 Å². The van der Waals surface area contributed by atoms with Crippen LogP contribution in [0.1, 0.15) is 0 Å². The van der Waals surface area contributed by atoms with Crippen LogP contribution in [0.4, 0.5) is 0 Å². The Morgan fingerprint density at radius 1 is 0.583 bits per heavy atom. The lowest BCUT2D eigenvalue weighted by molar-refractivity contribution is 0.478. The molecule has 0 aliphatic heterocycles. The highest BCUT2D eigenvalue weighted by molar-refractivity contribution is 9.11. The minimum Gasteiger partial charge on any atom is -0.507 e. The van der Waals surface area contributed by atoms with Crippen molar-refractivity contribution in [2.45, 2.75) is 0 Å². The van der Waals surface area contributed by atoms with Crippen molar-refractivity contribution in [3.05, 3.63) is 74.1 Å². The summed E-state index contributed by atoms with van der Waals surface area (Å²) in [4.78, 5) is 0. The van der Waals surface area contributed by atoms with Crippen LogP contribution in [0.2, 0.25) is 0 Å². The van der Waals surface area contributed by atoms with Crippen molar-refractivity contribution in [2.24, 2.45) is 0 Å². The zero-order chi connectivity index (χ0) is 16.8. The van der Waals surface area contributed by atoms with Gasteiger partial charge in [-0.1, -0.05) is 66.0 Å². The predicted octanol–water partition coefficient (Wildman–Crippen LogP) is 7.65. The molecule has 0 amide bonds. The van der Waals surface area contributed by atoms with Crippen molar-refractivity contribution in [3.8, 4) is 16.9 Å². The third kappa shape index (κ3) is 2.77. The average molecular weight is 507 g/mol. The van der Waals surface area contributed by atoms with E-state index in [9.17, 15) is 5.11 Å². The lowest BCUT2D eigenvalue weighted by Crippen LogP contribution is -1.87. The second-order valence-corrected chi connectivity index (χ2v) is 8.39. The molecule has 0 bridgehead atoms. The first-order valence-corrected chi connectivity index (χ1v) is 9.71. The molecule has 0 saturated heterocycles. The van der Waals surface area contributed by atoms with Crippen LogP contribution in [0.25, 0.3) is 32.7 Å². The number of halogens is 3. The fourth-order valence-corrected chi connectivity index (χ4v) is 4.29. The number of benzene rings is 4. The standard InChI is InChI=1S/C20H11Br3O/c21-13-4-5-16-11(7-13)2-6-19(24)20(16)18-10-15(23)8-12-1-3-14(22)9-17(12)18/h1-10,24H. The highest BCUT2D eigenvalue weighted by Crippen LogP contribution is 2.42. The Balaban J connectivity index is 2.17. The van der Waals surface area contributed by atoms with Gasteiger partial charge < -0.3 is 5.11 Å². The molecule has 0 aromatic heterocycles. The Bertz CT molecular complexity index is 1100. The highest BCUT2D eigenvalue weighted by atomic mass is 79.9. The van der Waals surface area contributed by atoms with E-state index in [1.807, 2.05) is 24.3 Å². The van der Waals surface area contributed by atoms with Gasteiger partial charge in [0.15, 0.2) is 0 Å². The third-order valence-corrected chi connectivity index (χ3v) is 5.55. The molecule has 118 valence electrons. The first-order valence-electron chi connectivity index (χ1n) is 7.33. The Hall–Kier alpha value is -1.36. The number of phenolic OH excluding ortho intramolecular Hbond substituents is 1. The van der Waals surface area contributed by atoms with E-state index < -0.39 is 0 Å². The van der Waals surface area contributed by atoms with E-state index >= 15 is 0 Å². The molecule has 4 aromatic carbocycles. The van der Waals surface area contributed by atoms with Gasteiger partial charge in [0.1, 0.15) is 5.75 Å². The molecule has 0 fully saturated rings. The molecule has 0 aliphatic carbocycles. The maximum absolute atomic E-state index is 10.6. The van der Waals surface area contributed by atoms with Crippen molar-refractivity contribution in [3.63, 3.8) is 0 Å². The van der Waals surface area contributed by atoms with E-state index in [1.54, 1.807) is 6.07 Å². The van der Waals surface area contributed by atoms with Gasteiger partial charge in [-0.3, -0.25) is 0 Å². The van der Waals surface area contributed by atoms with Crippen LogP contribution in [0, 0.1) is 0 Å². The van der Waals surface area contributed by atoms with Crippen molar-refractivity contribution < 1.29 is 5.11 Å². The van der Waals surface area contributed by atoms with Crippen LogP contribution < -0.4 is 0 Å². The molecule has 4 aromatic rings. The third-order valence-electron chi connectivity index (χ3n) is 4.11. The van der Waals surface area contributed by atoms with Gasteiger partial charge in [0.2, 0.25) is 0 Å². The Morgan fingerprint density at radius 2 is 1.21 bits per heavy atom.